The summed E-state index contributed by atoms with van der Waals surface area (Å²) in [5.41, 5.74) is 0.404. The van der Waals surface area contributed by atoms with Gasteiger partial charge in [0.2, 0.25) is 0 Å². The fourth-order valence-electron chi connectivity index (χ4n) is 0.964. The van der Waals surface area contributed by atoms with Crippen molar-refractivity contribution >= 4 is 21.9 Å². The molecule has 1 rings (SSSR count). The van der Waals surface area contributed by atoms with E-state index in [0.29, 0.717) is 5.56 Å². The van der Waals surface area contributed by atoms with Crippen LogP contribution in [0, 0.1) is 0 Å². The molecular weight excluding hydrogens is 252 g/mol. The molecular formula is C9H9BrO4. The van der Waals surface area contributed by atoms with Crippen molar-refractivity contribution in [3.8, 4) is 11.5 Å². The van der Waals surface area contributed by atoms with Gasteiger partial charge in [-0.3, -0.25) is 4.79 Å². The van der Waals surface area contributed by atoms with Gasteiger partial charge >= 0.3 is 5.97 Å². The molecule has 2 N–H and O–H groups in total. The van der Waals surface area contributed by atoms with Gasteiger partial charge in [0.25, 0.3) is 0 Å². The molecule has 0 saturated heterocycles. The van der Waals surface area contributed by atoms with Crippen LogP contribution in [0.2, 0.25) is 0 Å². The molecule has 0 heterocycles. The third kappa shape index (κ3) is 2.17. The van der Waals surface area contributed by atoms with Gasteiger partial charge in [-0.15, -0.1) is 0 Å². The minimum Gasteiger partial charge on any atom is -0.507 e. The number of benzene rings is 1. The quantitative estimate of drug-likeness (QED) is 0.793. The largest absolute Gasteiger partial charge is 0.507 e. The van der Waals surface area contributed by atoms with Gasteiger partial charge in [0.05, 0.1) is 13.5 Å². The Bertz CT molecular complexity index is 362. The lowest BCUT2D eigenvalue weighted by Gasteiger charge is -2.06. The van der Waals surface area contributed by atoms with E-state index in [-0.39, 0.29) is 22.4 Å². The van der Waals surface area contributed by atoms with Crippen LogP contribution in [0.15, 0.2) is 16.6 Å². The number of methoxy groups -OCH3 is 1. The lowest BCUT2D eigenvalue weighted by atomic mass is 10.1. The van der Waals surface area contributed by atoms with Crippen LogP contribution in [-0.2, 0) is 16.0 Å². The number of rotatable bonds is 2. The summed E-state index contributed by atoms with van der Waals surface area (Å²) in [6.07, 6.45) is -0.0266. The van der Waals surface area contributed by atoms with Crippen LogP contribution in [-0.4, -0.2) is 23.3 Å². The minimum atomic E-state index is -0.446. The molecule has 0 amide bonds. The predicted molar refractivity (Wildman–Crippen MR) is 53.2 cm³/mol. The fraction of sp³-hybridized carbons (Fsp3) is 0.222. The summed E-state index contributed by atoms with van der Waals surface area (Å²) in [4.78, 5) is 10.9. The molecule has 0 aliphatic carbocycles. The molecule has 0 saturated carbocycles. The maximum Gasteiger partial charge on any atom is 0.310 e. The summed E-state index contributed by atoms with van der Waals surface area (Å²) in [5, 5.41) is 18.7. The van der Waals surface area contributed by atoms with Crippen LogP contribution in [0.4, 0.5) is 0 Å². The topological polar surface area (TPSA) is 66.8 Å². The number of phenols is 2. The van der Waals surface area contributed by atoms with E-state index in [0.717, 1.165) is 0 Å². The highest BCUT2D eigenvalue weighted by atomic mass is 79.9. The molecule has 0 radical (unpaired) electrons. The van der Waals surface area contributed by atoms with E-state index in [1.165, 1.54) is 19.2 Å². The molecule has 14 heavy (non-hydrogen) atoms. The number of hydrogen-bond acceptors (Lipinski definition) is 4. The number of halogens is 1. The monoisotopic (exact) mass is 260 g/mol. The zero-order valence-electron chi connectivity index (χ0n) is 7.45. The Hall–Kier alpha value is -1.23. The zero-order valence-corrected chi connectivity index (χ0v) is 9.04. The van der Waals surface area contributed by atoms with Crippen LogP contribution >= 0.6 is 15.9 Å². The minimum absolute atomic E-state index is 0.0266. The highest BCUT2D eigenvalue weighted by Gasteiger charge is 2.12. The first-order chi connectivity index (χ1) is 6.56. The number of carbonyl (C=O) groups is 1. The summed E-state index contributed by atoms with van der Waals surface area (Å²) < 4.78 is 4.63. The molecule has 1 aromatic carbocycles. The third-order valence-corrected chi connectivity index (χ3v) is 2.52. The molecule has 0 unspecified atom stereocenters. The molecule has 0 aromatic heterocycles. The summed E-state index contributed by atoms with van der Waals surface area (Å²) >= 11 is 2.99. The molecule has 0 fully saturated rings. The number of ether oxygens (including phenoxy) is 1. The van der Waals surface area contributed by atoms with Crippen LogP contribution in [0.5, 0.6) is 11.5 Å². The maximum absolute atomic E-state index is 10.9. The lowest BCUT2D eigenvalue weighted by Crippen LogP contribution is -2.04. The van der Waals surface area contributed by atoms with Crippen molar-refractivity contribution in [3.63, 3.8) is 0 Å². The molecule has 4 nitrogen and oxygen atoms in total. The second-order valence-electron chi connectivity index (χ2n) is 2.66. The van der Waals surface area contributed by atoms with E-state index in [9.17, 15) is 15.0 Å². The number of esters is 1. The van der Waals surface area contributed by atoms with Crippen molar-refractivity contribution in [2.24, 2.45) is 0 Å². The third-order valence-electron chi connectivity index (χ3n) is 1.74. The average molecular weight is 261 g/mol. The summed E-state index contributed by atoms with van der Waals surface area (Å²) in [6.45, 7) is 0. The van der Waals surface area contributed by atoms with Gasteiger partial charge in [-0.1, -0.05) is 6.07 Å². The Kier molecular flexibility index (Phi) is 3.35. The molecule has 0 bridgehead atoms. The lowest BCUT2D eigenvalue weighted by molar-refractivity contribution is -0.139. The summed E-state index contributed by atoms with van der Waals surface area (Å²) in [7, 11) is 1.27. The molecule has 1 aromatic rings. The van der Waals surface area contributed by atoms with E-state index < -0.39 is 5.97 Å². The van der Waals surface area contributed by atoms with Crippen LogP contribution < -0.4 is 0 Å². The average Bonchev–Trinajstić information content (AvgIpc) is 2.19. The predicted octanol–water partition coefficient (Wildman–Crippen LogP) is 1.58. The van der Waals surface area contributed by atoms with Crippen LogP contribution in [0.3, 0.4) is 0 Å². The second-order valence-corrected chi connectivity index (χ2v) is 3.45. The SMILES string of the molecule is COC(=O)Cc1ccc(O)c(Br)c1O. The number of aromatic hydroxyl groups is 2. The van der Waals surface area contributed by atoms with E-state index >= 15 is 0 Å². The maximum atomic E-state index is 10.9. The number of phenolic OH excluding ortho intramolecular Hbond substituents is 2. The van der Waals surface area contributed by atoms with Gasteiger partial charge < -0.3 is 14.9 Å². The Morgan fingerprint density at radius 1 is 1.50 bits per heavy atom. The van der Waals surface area contributed by atoms with Crippen molar-refractivity contribution in [2.75, 3.05) is 7.11 Å². The zero-order chi connectivity index (χ0) is 10.7. The second kappa shape index (κ2) is 4.32. The highest BCUT2D eigenvalue weighted by Crippen LogP contribution is 2.35. The van der Waals surface area contributed by atoms with Gasteiger partial charge in [0.1, 0.15) is 16.0 Å². The first-order valence-electron chi connectivity index (χ1n) is 3.82. The van der Waals surface area contributed by atoms with E-state index in [1.54, 1.807) is 0 Å². The van der Waals surface area contributed by atoms with E-state index in [2.05, 4.69) is 20.7 Å². The Labute approximate surface area is 89.3 Å². The van der Waals surface area contributed by atoms with Crippen LogP contribution in [0.1, 0.15) is 5.56 Å². The summed E-state index contributed by atoms with van der Waals surface area (Å²) in [5.74, 6) is -0.663. The molecule has 0 aliphatic heterocycles. The Morgan fingerprint density at radius 3 is 2.71 bits per heavy atom. The van der Waals surface area contributed by atoms with Gasteiger partial charge in [0.15, 0.2) is 0 Å². The van der Waals surface area contributed by atoms with Gasteiger partial charge in [-0.2, -0.15) is 0 Å². The first-order valence-corrected chi connectivity index (χ1v) is 4.61. The Balaban J connectivity index is 3.00. The smallest absolute Gasteiger partial charge is 0.310 e. The number of carbonyl (C=O) groups excluding carboxylic acids is 1. The molecule has 5 heteroatoms. The van der Waals surface area contributed by atoms with E-state index in [1.807, 2.05) is 0 Å². The normalized spacial score (nSPS) is 9.86. The highest BCUT2D eigenvalue weighted by molar-refractivity contribution is 9.10. The van der Waals surface area contributed by atoms with E-state index in [4.69, 9.17) is 0 Å². The molecule has 0 aliphatic rings. The summed E-state index contributed by atoms with van der Waals surface area (Å²) in [6, 6.07) is 2.86. The molecule has 76 valence electrons. The van der Waals surface area contributed by atoms with Gasteiger partial charge in [-0.05, 0) is 22.0 Å². The first kappa shape index (κ1) is 10.8. The standard InChI is InChI=1S/C9H9BrO4/c1-14-7(12)4-5-2-3-6(11)8(10)9(5)13/h2-3,11,13H,4H2,1H3. The molecule has 0 atom stereocenters. The number of hydrogen-bond donors (Lipinski definition) is 2. The van der Waals surface area contributed by atoms with Crippen molar-refractivity contribution in [1.29, 1.82) is 0 Å². The molecule has 0 spiro atoms. The van der Waals surface area contributed by atoms with Gasteiger partial charge in [-0.25, -0.2) is 0 Å². The van der Waals surface area contributed by atoms with Crippen molar-refractivity contribution in [2.45, 2.75) is 6.42 Å². The van der Waals surface area contributed by atoms with Crippen molar-refractivity contribution in [1.82, 2.24) is 0 Å². The van der Waals surface area contributed by atoms with Crippen molar-refractivity contribution in [3.05, 3.63) is 22.2 Å². The Morgan fingerprint density at radius 2 is 2.14 bits per heavy atom. The van der Waals surface area contributed by atoms with Crippen molar-refractivity contribution < 1.29 is 19.7 Å². The fourth-order valence-corrected chi connectivity index (χ4v) is 1.35. The van der Waals surface area contributed by atoms with Gasteiger partial charge in [0, 0.05) is 5.56 Å². The van der Waals surface area contributed by atoms with Crippen LogP contribution in [0.25, 0.3) is 0 Å².